The van der Waals surface area contributed by atoms with Gasteiger partial charge in [0.15, 0.2) is 0 Å². The smallest absolute Gasteiger partial charge is 0.131 e. The average molecular weight is 384 g/mol. The molecule has 27 heavy (non-hydrogen) atoms. The molecule has 0 atom stereocenters. The summed E-state index contributed by atoms with van der Waals surface area (Å²) >= 11 is 6.27. The molecule has 0 unspecified atom stereocenters. The van der Waals surface area contributed by atoms with Gasteiger partial charge in [0.2, 0.25) is 0 Å². The molecule has 1 aliphatic heterocycles. The SMILES string of the molecule is CN1CCCN(Cc2ccc(-c3ccc4nccc(Cl)c4c3)c(F)c2)CC1. The van der Waals surface area contributed by atoms with Gasteiger partial charge in [0.05, 0.1) is 10.5 Å². The summed E-state index contributed by atoms with van der Waals surface area (Å²) < 4.78 is 14.9. The number of pyridine rings is 1. The lowest BCUT2D eigenvalue weighted by molar-refractivity contribution is 0.269. The third-order valence-electron chi connectivity index (χ3n) is 5.25. The van der Waals surface area contributed by atoms with E-state index < -0.39 is 0 Å². The van der Waals surface area contributed by atoms with Gasteiger partial charge in [0.25, 0.3) is 0 Å². The highest BCUT2D eigenvalue weighted by atomic mass is 35.5. The van der Waals surface area contributed by atoms with Crippen molar-refractivity contribution >= 4 is 22.5 Å². The fraction of sp³-hybridized carbons (Fsp3) is 0.318. The van der Waals surface area contributed by atoms with E-state index in [1.165, 1.54) is 0 Å². The van der Waals surface area contributed by atoms with E-state index in [1.54, 1.807) is 18.3 Å². The molecule has 140 valence electrons. The molecule has 5 heteroatoms. The van der Waals surface area contributed by atoms with Crippen LogP contribution in [0, 0.1) is 5.82 Å². The number of benzene rings is 2. The zero-order chi connectivity index (χ0) is 18.8. The molecule has 1 aromatic heterocycles. The molecule has 2 heterocycles. The van der Waals surface area contributed by atoms with Gasteiger partial charge >= 0.3 is 0 Å². The molecule has 2 aromatic carbocycles. The second kappa shape index (κ2) is 7.93. The highest BCUT2D eigenvalue weighted by Crippen LogP contribution is 2.30. The summed E-state index contributed by atoms with van der Waals surface area (Å²) in [6.45, 7) is 5.06. The largest absolute Gasteiger partial charge is 0.305 e. The molecule has 0 N–H and O–H groups in total. The van der Waals surface area contributed by atoms with Crippen LogP contribution in [0.5, 0.6) is 0 Å². The molecule has 0 radical (unpaired) electrons. The molecule has 1 aliphatic rings. The summed E-state index contributed by atoms with van der Waals surface area (Å²) in [5.41, 5.74) is 3.24. The van der Waals surface area contributed by atoms with E-state index in [2.05, 4.69) is 21.8 Å². The number of fused-ring (bicyclic) bond motifs is 1. The van der Waals surface area contributed by atoms with E-state index in [1.807, 2.05) is 30.3 Å². The summed E-state index contributed by atoms with van der Waals surface area (Å²) in [4.78, 5) is 9.06. The highest BCUT2D eigenvalue weighted by molar-refractivity contribution is 6.35. The fourth-order valence-electron chi connectivity index (χ4n) is 3.69. The molecular formula is C22H23ClFN3. The normalized spacial score (nSPS) is 16.6. The van der Waals surface area contributed by atoms with Gasteiger partial charge in [-0.15, -0.1) is 0 Å². The van der Waals surface area contributed by atoms with Crippen LogP contribution in [0.25, 0.3) is 22.0 Å². The number of hydrogen-bond donors (Lipinski definition) is 0. The lowest BCUT2D eigenvalue weighted by atomic mass is 10.0. The molecular weight excluding hydrogens is 361 g/mol. The van der Waals surface area contributed by atoms with Crippen LogP contribution in [0.3, 0.4) is 0 Å². The lowest BCUT2D eigenvalue weighted by Crippen LogP contribution is -2.28. The molecule has 1 fully saturated rings. The molecule has 0 saturated carbocycles. The fourth-order valence-corrected chi connectivity index (χ4v) is 3.90. The summed E-state index contributed by atoms with van der Waals surface area (Å²) in [5, 5.41) is 1.47. The van der Waals surface area contributed by atoms with Gasteiger partial charge in [-0.3, -0.25) is 9.88 Å². The monoisotopic (exact) mass is 383 g/mol. The summed E-state index contributed by atoms with van der Waals surface area (Å²) in [6, 6.07) is 13.0. The second-order valence-corrected chi connectivity index (χ2v) is 7.68. The molecule has 0 aliphatic carbocycles. The van der Waals surface area contributed by atoms with E-state index in [0.717, 1.165) is 61.2 Å². The predicted molar refractivity (Wildman–Crippen MR) is 110 cm³/mol. The van der Waals surface area contributed by atoms with Gasteiger partial charge in [-0.25, -0.2) is 4.39 Å². The molecule has 3 aromatic rings. The Balaban J connectivity index is 1.57. The van der Waals surface area contributed by atoms with Crippen molar-refractivity contribution in [1.82, 2.24) is 14.8 Å². The number of rotatable bonds is 3. The Morgan fingerprint density at radius 3 is 2.78 bits per heavy atom. The van der Waals surface area contributed by atoms with E-state index in [9.17, 15) is 4.39 Å². The third kappa shape index (κ3) is 4.13. The van der Waals surface area contributed by atoms with Crippen molar-refractivity contribution in [3.05, 3.63) is 65.1 Å². The second-order valence-electron chi connectivity index (χ2n) is 7.27. The standard InChI is InChI=1S/C22H23ClFN3/c1-26-9-2-10-27(12-11-26)15-16-3-5-18(21(24)13-16)17-4-6-22-19(14-17)20(23)7-8-25-22/h3-8,13-14H,2,9-12,15H2,1H3. The Morgan fingerprint density at radius 1 is 1.04 bits per heavy atom. The molecule has 0 bridgehead atoms. The number of likely N-dealkylation sites (N-methyl/N-ethyl adjacent to an activating group) is 1. The topological polar surface area (TPSA) is 19.4 Å². The Kier molecular flexibility index (Phi) is 5.39. The van der Waals surface area contributed by atoms with Gasteiger partial charge in [0.1, 0.15) is 5.82 Å². The van der Waals surface area contributed by atoms with Gasteiger partial charge in [-0.05, 0) is 62.0 Å². The minimum absolute atomic E-state index is 0.196. The van der Waals surface area contributed by atoms with Gasteiger partial charge in [-0.2, -0.15) is 0 Å². The Hall–Kier alpha value is -2.01. The van der Waals surface area contributed by atoms with Crippen LogP contribution in [0.1, 0.15) is 12.0 Å². The van der Waals surface area contributed by atoms with E-state index in [-0.39, 0.29) is 5.82 Å². The Bertz CT molecular complexity index is 959. The molecule has 0 amide bonds. The summed E-state index contributed by atoms with van der Waals surface area (Å²) in [7, 11) is 2.16. The third-order valence-corrected chi connectivity index (χ3v) is 5.58. The van der Waals surface area contributed by atoms with Crippen LogP contribution >= 0.6 is 11.6 Å². The molecule has 4 rings (SSSR count). The average Bonchev–Trinajstić information content (AvgIpc) is 2.86. The van der Waals surface area contributed by atoms with E-state index in [4.69, 9.17) is 11.6 Å². The Labute approximate surface area is 164 Å². The summed E-state index contributed by atoms with van der Waals surface area (Å²) in [6.07, 6.45) is 2.84. The maximum absolute atomic E-state index is 14.9. The van der Waals surface area contributed by atoms with Gasteiger partial charge < -0.3 is 4.90 Å². The number of aromatic nitrogens is 1. The van der Waals surface area contributed by atoms with Crippen molar-refractivity contribution in [2.45, 2.75) is 13.0 Å². The van der Waals surface area contributed by atoms with Crippen LogP contribution in [0.15, 0.2) is 48.7 Å². The van der Waals surface area contributed by atoms with Gasteiger partial charge in [-0.1, -0.05) is 29.8 Å². The number of hydrogen-bond acceptors (Lipinski definition) is 3. The zero-order valence-electron chi connectivity index (χ0n) is 15.5. The predicted octanol–water partition coefficient (Wildman–Crippen LogP) is 4.83. The van der Waals surface area contributed by atoms with Crippen molar-refractivity contribution in [2.75, 3.05) is 33.2 Å². The van der Waals surface area contributed by atoms with Crippen molar-refractivity contribution in [2.24, 2.45) is 0 Å². The van der Waals surface area contributed by atoms with Crippen LogP contribution in [0.2, 0.25) is 5.02 Å². The number of nitrogens with zero attached hydrogens (tertiary/aromatic N) is 3. The first-order valence-electron chi connectivity index (χ1n) is 9.34. The summed E-state index contributed by atoms with van der Waals surface area (Å²) in [5.74, 6) is -0.196. The molecule has 3 nitrogen and oxygen atoms in total. The first kappa shape index (κ1) is 18.4. The number of halogens is 2. The van der Waals surface area contributed by atoms with Crippen LogP contribution in [-0.2, 0) is 6.54 Å². The van der Waals surface area contributed by atoms with Crippen molar-refractivity contribution in [3.8, 4) is 11.1 Å². The maximum atomic E-state index is 14.9. The minimum atomic E-state index is -0.196. The maximum Gasteiger partial charge on any atom is 0.131 e. The van der Waals surface area contributed by atoms with Crippen LogP contribution < -0.4 is 0 Å². The van der Waals surface area contributed by atoms with Gasteiger partial charge in [0, 0.05) is 36.8 Å². The molecule has 1 saturated heterocycles. The zero-order valence-corrected chi connectivity index (χ0v) is 16.2. The van der Waals surface area contributed by atoms with E-state index in [0.29, 0.717) is 10.6 Å². The minimum Gasteiger partial charge on any atom is -0.305 e. The highest BCUT2D eigenvalue weighted by Gasteiger charge is 2.14. The van der Waals surface area contributed by atoms with Crippen molar-refractivity contribution < 1.29 is 4.39 Å². The lowest BCUT2D eigenvalue weighted by Gasteiger charge is -2.20. The molecule has 0 spiro atoms. The first-order valence-corrected chi connectivity index (χ1v) is 9.72. The van der Waals surface area contributed by atoms with Crippen molar-refractivity contribution in [1.29, 1.82) is 0 Å². The van der Waals surface area contributed by atoms with Crippen molar-refractivity contribution in [3.63, 3.8) is 0 Å². The van der Waals surface area contributed by atoms with Crippen LogP contribution in [0.4, 0.5) is 4.39 Å². The quantitative estimate of drug-likeness (QED) is 0.645. The Morgan fingerprint density at radius 2 is 1.93 bits per heavy atom. The van der Waals surface area contributed by atoms with E-state index >= 15 is 0 Å². The van der Waals surface area contributed by atoms with Crippen LogP contribution in [-0.4, -0.2) is 48.0 Å². The first-order chi connectivity index (χ1) is 13.1.